The Balaban J connectivity index is 1.32. The second kappa shape index (κ2) is 10.4. The molecule has 0 N–H and O–H groups in total. The number of para-hydroxylation sites is 1. The van der Waals surface area contributed by atoms with Crippen molar-refractivity contribution in [3.05, 3.63) is 170 Å². The maximum absolute atomic E-state index is 6.77. The minimum Gasteiger partial charge on any atom is -0.452 e. The Morgan fingerprint density at radius 3 is 1.48 bits per heavy atom. The maximum Gasteiger partial charge on any atom is 0.178 e. The highest BCUT2D eigenvalue weighted by Crippen LogP contribution is 2.50. The van der Waals surface area contributed by atoms with Gasteiger partial charge in [-0.3, -0.25) is 0 Å². The molecule has 11 rings (SSSR count). The standard InChI is InChI=1S/C48H28O2/c1-2-14-29(15-3-1)44-28-42-40(27-41-34-20-12-13-25-43(34)49-47(41)48(42)50-44)46-37-23-10-8-21-35(37)45(36-22-9-11-24-38(36)46)39-26-30-16-4-5-17-31(30)32-18-6-7-19-33(32)39/h1-28H. The van der Waals surface area contributed by atoms with Crippen LogP contribution in [-0.4, -0.2) is 0 Å². The number of fused-ring (bicyclic) bond motifs is 10. The average Bonchev–Trinajstić information content (AvgIpc) is 3.80. The van der Waals surface area contributed by atoms with Crippen LogP contribution in [0, 0.1) is 0 Å². The highest BCUT2D eigenvalue weighted by atomic mass is 16.4. The largest absolute Gasteiger partial charge is 0.452 e. The molecule has 0 atom stereocenters. The number of hydrogen-bond acceptors (Lipinski definition) is 2. The Hall–Kier alpha value is -6.64. The van der Waals surface area contributed by atoms with Gasteiger partial charge in [-0.1, -0.05) is 146 Å². The van der Waals surface area contributed by atoms with Gasteiger partial charge in [0.2, 0.25) is 0 Å². The zero-order valence-electron chi connectivity index (χ0n) is 27.0. The Kier molecular flexibility index (Phi) is 5.70. The van der Waals surface area contributed by atoms with E-state index in [-0.39, 0.29) is 0 Å². The third-order valence-electron chi connectivity index (χ3n) is 10.4. The summed E-state index contributed by atoms with van der Waals surface area (Å²) in [5, 5.41) is 13.1. The topological polar surface area (TPSA) is 26.3 Å². The fourth-order valence-corrected chi connectivity index (χ4v) is 8.28. The second-order valence-electron chi connectivity index (χ2n) is 13.2. The number of rotatable bonds is 3. The molecule has 0 aliphatic carbocycles. The van der Waals surface area contributed by atoms with Gasteiger partial charge in [-0.05, 0) is 89.6 Å². The quantitative estimate of drug-likeness (QED) is 0.142. The smallest absolute Gasteiger partial charge is 0.178 e. The summed E-state index contributed by atoms with van der Waals surface area (Å²) in [4.78, 5) is 0. The van der Waals surface area contributed by atoms with Gasteiger partial charge in [0, 0.05) is 21.7 Å². The lowest BCUT2D eigenvalue weighted by Gasteiger charge is -2.20. The Bertz CT molecular complexity index is 3080. The normalized spacial score (nSPS) is 12.0. The van der Waals surface area contributed by atoms with Gasteiger partial charge >= 0.3 is 0 Å². The summed E-state index contributed by atoms with van der Waals surface area (Å²) >= 11 is 0. The van der Waals surface area contributed by atoms with Crippen LogP contribution in [0.3, 0.4) is 0 Å². The number of benzene rings is 9. The minimum atomic E-state index is 0.769. The summed E-state index contributed by atoms with van der Waals surface area (Å²) in [6, 6.07) is 60.9. The fourth-order valence-electron chi connectivity index (χ4n) is 8.28. The fraction of sp³-hybridized carbons (Fsp3) is 0. The highest BCUT2D eigenvalue weighted by molar-refractivity contribution is 6.28. The molecule has 2 aromatic heterocycles. The van der Waals surface area contributed by atoms with Crippen LogP contribution >= 0.6 is 0 Å². The molecule has 11 aromatic rings. The summed E-state index contributed by atoms with van der Waals surface area (Å²) in [5.41, 5.74) is 8.26. The first-order chi connectivity index (χ1) is 24.8. The van der Waals surface area contributed by atoms with Gasteiger partial charge < -0.3 is 8.83 Å². The van der Waals surface area contributed by atoms with E-state index in [1.807, 2.05) is 18.2 Å². The van der Waals surface area contributed by atoms with Crippen molar-refractivity contribution < 1.29 is 8.83 Å². The zero-order chi connectivity index (χ0) is 32.8. The van der Waals surface area contributed by atoms with Crippen molar-refractivity contribution in [2.24, 2.45) is 0 Å². The van der Waals surface area contributed by atoms with Crippen LogP contribution < -0.4 is 0 Å². The van der Waals surface area contributed by atoms with Crippen LogP contribution in [0.15, 0.2) is 179 Å². The summed E-state index contributed by atoms with van der Waals surface area (Å²) in [6.07, 6.45) is 0. The molecule has 0 radical (unpaired) electrons. The lowest BCUT2D eigenvalue weighted by molar-refractivity contribution is 0.611. The monoisotopic (exact) mass is 636 g/mol. The van der Waals surface area contributed by atoms with E-state index in [2.05, 4.69) is 152 Å². The highest BCUT2D eigenvalue weighted by Gasteiger charge is 2.24. The molecule has 2 heterocycles. The maximum atomic E-state index is 6.77. The molecule has 0 fully saturated rings. The molecule has 0 spiro atoms. The van der Waals surface area contributed by atoms with E-state index in [1.165, 1.54) is 59.8 Å². The summed E-state index contributed by atoms with van der Waals surface area (Å²) in [5.74, 6) is 0.822. The Labute approximate surface area is 287 Å². The summed E-state index contributed by atoms with van der Waals surface area (Å²) in [7, 11) is 0. The lowest BCUT2D eigenvalue weighted by Crippen LogP contribution is -1.92. The Morgan fingerprint density at radius 1 is 0.300 bits per heavy atom. The number of hydrogen-bond donors (Lipinski definition) is 0. The first-order valence-electron chi connectivity index (χ1n) is 17.1. The molecule has 50 heavy (non-hydrogen) atoms. The second-order valence-corrected chi connectivity index (χ2v) is 13.2. The third-order valence-corrected chi connectivity index (χ3v) is 10.4. The van der Waals surface area contributed by atoms with E-state index in [9.17, 15) is 0 Å². The van der Waals surface area contributed by atoms with Gasteiger partial charge in [0.15, 0.2) is 11.2 Å². The molecule has 0 bridgehead atoms. The molecule has 0 aliphatic heterocycles. The molecule has 0 aliphatic rings. The lowest BCUT2D eigenvalue weighted by atomic mass is 9.83. The number of furan rings is 2. The predicted molar refractivity (Wildman–Crippen MR) is 210 cm³/mol. The van der Waals surface area contributed by atoms with Crippen molar-refractivity contribution in [2.45, 2.75) is 0 Å². The van der Waals surface area contributed by atoms with Crippen molar-refractivity contribution in [2.75, 3.05) is 0 Å². The van der Waals surface area contributed by atoms with Crippen molar-refractivity contribution in [1.29, 1.82) is 0 Å². The van der Waals surface area contributed by atoms with Crippen LogP contribution in [0.25, 0.3) is 110 Å². The first kappa shape index (κ1) is 27.3. The van der Waals surface area contributed by atoms with Crippen LogP contribution in [0.5, 0.6) is 0 Å². The van der Waals surface area contributed by atoms with Crippen molar-refractivity contribution in [1.82, 2.24) is 0 Å². The van der Waals surface area contributed by atoms with Gasteiger partial charge in [-0.25, -0.2) is 0 Å². The first-order valence-corrected chi connectivity index (χ1v) is 17.1. The summed E-state index contributed by atoms with van der Waals surface area (Å²) < 4.78 is 13.3. The molecule has 0 saturated heterocycles. The molecular formula is C48H28O2. The van der Waals surface area contributed by atoms with Crippen LogP contribution in [0.1, 0.15) is 0 Å². The molecule has 0 unspecified atom stereocenters. The van der Waals surface area contributed by atoms with Gasteiger partial charge in [0.1, 0.15) is 11.3 Å². The van der Waals surface area contributed by atoms with Gasteiger partial charge in [0.25, 0.3) is 0 Å². The van der Waals surface area contributed by atoms with E-state index in [4.69, 9.17) is 8.83 Å². The Morgan fingerprint density at radius 2 is 0.800 bits per heavy atom. The van der Waals surface area contributed by atoms with E-state index in [0.717, 1.165) is 49.8 Å². The SMILES string of the molecule is c1ccc(-c2cc3c(-c4c5ccccc5c(-c5cc6ccccc6c6ccccc56)c5ccccc45)cc4c5ccccc5oc4c3o2)cc1. The van der Waals surface area contributed by atoms with E-state index in [0.29, 0.717) is 0 Å². The van der Waals surface area contributed by atoms with Crippen LogP contribution in [0.2, 0.25) is 0 Å². The molecule has 2 heteroatoms. The van der Waals surface area contributed by atoms with Gasteiger partial charge in [-0.2, -0.15) is 0 Å². The van der Waals surface area contributed by atoms with E-state index >= 15 is 0 Å². The molecule has 232 valence electrons. The molecular weight excluding hydrogens is 609 g/mol. The summed E-state index contributed by atoms with van der Waals surface area (Å²) in [6.45, 7) is 0. The van der Waals surface area contributed by atoms with Gasteiger partial charge in [0.05, 0.1) is 0 Å². The average molecular weight is 637 g/mol. The molecule has 2 nitrogen and oxygen atoms in total. The molecule has 0 saturated carbocycles. The minimum absolute atomic E-state index is 0.769. The van der Waals surface area contributed by atoms with Crippen LogP contribution in [0.4, 0.5) is 0 Å². The van der Waals surface area contributed by atoms with Crippen molar-refractivity contribution >= 4 is 76.0 Å². The predicted octanol–water partition coefficient (Wildman–Crippen LogP) is 13.9. The van der Waals surface area contributed by atoms with Crippen molar-refractivity contribution in [3.8, 4) is 33.6 Å². The zero-order valence-corrected chi connectivity index (χ0v) is 27.0. The van der Waals surface area contributed by atoms with Crippen molar-refractivity contribution in [3.63, 3.8) is 0 Å². The third kappa shape index (κ3) is 3.85. The van der Waals surface area contributed by atoms with Crippen LogP contribution in [-0.2, 0) is 0 Å². The van der Waals surface area contributed by atoms with E-state index in [1.54, 1.807) is 0 Å². The molecule has 0 amide bonds. The van der Waals surface area contributed by atoms with E-state index < -0.39 is 0 Å². The van der Waals surface area contributed by atoms with Gasteiger partial charge in [-0.15, -0.1) is 0 Å². The molecule has 9 aromatic carbocycles.